The fraction of sp³-hybridized carbons (Fsp3) is 0.600. The summed E-state index contributed by atoms with van der Waals surface area (Å²) in [6.07, 6.45) is 0.257. The summed E-state index contributed by atoms with van der Waals surface area (Å²) in [4.78, 5) is 50.7. The first-order chi connectivity index (χ1) is 17.1. The number of carbonyl (C=O) groups excluding carboxylic acids is 4. The SMILES string of the molecule is CC1NC(=O)CCC1N1C(=O)c2cccc(NCCOCCOCCNC(=O)OC(C)(C)C)c2C1=O. The minimum absolute atomic E-state index is 0.0689. The van der Waals surface area contributed by atoms with Crippen LogP contribution < -0.4 is 16.0 Å². The first-order valence-corrected chi connectivity index (χ1v) is 12.2. The van der Waals surface area contributed by atoms with Crippen molar-refractivity contribution in [1.82, 2.24) is 15.5 Å². The summed E-state index contributed by atoms with van der Waals surface area (Å²) in [5.74, 6) is -0.748. The average Bonchev–Trinajstić information content (AvgIpc) is 3.05. The summed E-state index contributed by atoms with van der Waals surface area (Å²) in [7, 11) is 0. The minimum atomic E-state index is -0.540. The third kappa shape index (κ3) is 7.17. The molecule has 0 saturated carbocycles. The summed E-state index contributed by atoms with van der Waals surface area (Å²) in [5, 5.41) is 8.62. The summed E-state index contributed by atoms with van der Waals surface area (Å²) < 4.78 is 16.1. The molecule has 0 radical (unpaired) electrons. The van der Waals surface area contributed by atoms with E-state index in [-0.39, 0.29) is 36.2 Å². The molecule has 2 aliphatic heterocycles. The zero-order chi connectivity index (χ0) is 26.3. The van der Waals surface area contributed by atoms with Gasteiger partial charge in [0.1, 0.15) is 5.60 Å². The zero-order valence-electron chi connectivity index (χ0n) is 21.3. The Labute approximate surface area is 211 Å². The van der Waals surface area contributed by atoms with Gasteiger partial charge in [-0.05, 0) is 46.2 Å². The van der Waals surface area contributed by atoms with Crippen molar-refractivity contribution in [3.8, 4) is 0 Å². The number of nitrogens with one attached hydrogen (secondary N) is 3. The summed E-state index contributed by atoms with van der Waals surface area (Å²) in [5.41, 5.74) is 0.756. The molecular formula is C25H36N4O7. The highest BCUT2D eigenvalue weighted by molar-refractivity contribution is 6.24. The minimum Gasteiger partial charge on any atom is -0.444 e. The fourth-order valence-corrected chi connectivity index (χ4v) is 4.18. The molecule has 0 bridgehead atoms. The number of hydrogen-bond donors (Lipinski definition) is 3. The van der Waals surface area contributed by atoms with Crippen molar-refractivity contribution in [1.29, 1.82) is 0 Å². The lowest BCUT2D eigenvalue weighted by molar-refractivity contribution is -0.124. The molecule has 1 saturated heterocycles. The number of rotatable bonds is 11. The lowest BCUT2D eigenvalue weighted by atomic mass is 9.97. The molecule has 4 amide bonds. The van der Waals surface area contributed by atoms with Crippen LogP contribution in [0.15, 0.2) is 18.2 Å². The molecule has 1 aromatic rings. The Kier molecular flexibility index (Phi) is 9.27. The van der Waals surface area contributed by atoms with Crippen LogP contribution in [-0.2, 0) is 19.0 Å². The highest BCUT2D eigenvalue weighted by Gasteiger charge is 2.44. The number of carbonyl (C=O) groups is 4. The molecule has 1 aromatic carbocycles. The lowest BCUT2D eigenvalue weighted by Crippen LogP contribution is -2.55. The van der Waals surface area contributed by atoms with Crippen LogP contribution in [0.4, 0.5) is 10.5 Å². The van der Waals surface area contributed by atoms with Crippen LogP contribution in [0.2, 0.25) is 0 Å². The van der Waals surface area contributed by atoms with Gasteiger partial charge in [0.2, 0.25) is 5.91 Å². The van der Waals surface area contributed by atoms with E-state index in [2.05, 4.69) is 16.0 Å². The Morgan fingerprint density at radius 1 is 1.06 bits per heavy atom. The molecule has 0 aliphatic carbocycles. The summed E-state index contributed by atoms with van der Waals surface area (Å²) >= 11 is 0. The second kappa shape index (κ2) is 12.2. The largest absolute Gasteiger partial charge is 0.444 e. The number of benzene rings is 1. The third-order valence-corrected chi connectivity index (χ3v) is 5.76. The quantitative estimate of drug-likeness (QED) is 0.307. The van der Waals surface area contributed by atoms with Crippen LogP contribution in [0, 0.1) is 0 Å². The van der Waals surface area contributed by atoms with Crippen molar-refractivity contribution in [2.75, 3.05) is 44.8 Å². The van der Waals surface area contributed by atoms with E-state index in [1.165, 1.54) is 4.90 Å². The van der Waals surface area contributed by atoms with Gasteiger partial charge in [-0.15, -0.1) is 0 Å². The number of alkyl carbamates (subject to hydrolysis) is 1. The molecule has 2 unspecified atom stereocenters. The molecule has 2 atom stereocenters. The molecule has 36 heavy (non-hydrogen) atoms. The van der Waals surface area contributed by atoms with E-state index in [0.29, 0.717) is 62.8 Å². The average molecular weight is 505 g/mol. The van der Waals surface area contributed by atoms with Gasteiger partial charge in [-0.1, -0.05) is 6.07 Å². The van der Waals surface area contributed by atoms with Crippen molar-refractivity contribution < 1.29 is 33.4 Å². The molecule has 3 N–H and O–H groups in total. The molecule has 11 heteroatoms. The highest BCUT2D eigenvalue weighted by atomic mass is 16.6. The van der Waals surface area contributed by atoms with Gasteiger partial charge in [0.05, 0.1) is 43.6 Å². The van der Waals surface area contributed by atoms with Crippen molar-refractivity contribution >= 4 is 29.5 Å². The molecule has 3 rings (SSSR count). The number of fused-ring (bicyclic) bond motifs is 1. The van der Waals surface area contributed by atoms with E-state index >= 15 is 0 Å². The second-order valence-electron chi connectivity index (χ2n) is 9.75. The van der Waals surface area contributed by atoms with Crippen LogP contribution in [0.25, 0.3) is 0 Å². The lowest BCUT2D eigenvalue weighted by Gasteiger charge is -2.35. The Hall–Kier alpha value is -3.18. The second-order valence-corrected chi connectivity index (χ2v) is 9.75. The smallest absolute Gasteiger partial charge is 0.407 e. The number of anilines is 1. The van der Waals surface area contributed by atoms with Gasteiger partial charge in [-0.25, -0.2) is 4.79 Å². The van der Waals surface area contributed by atoms with E-state index in [1.54, 1.807) is 39.0 Å². The van der Waals surface area contributed by atoms with E-state index in [1.807, 2.05) is 6.92 Å². The van der Waals surface area contributed by atoms with E-state index in [4.69, 9.17) is 14.2 Å². The van der Waals surface area contributed by atoms with Gasteiger partial charge in [0, 0.05) is 31.2 Å². The summed E-state index contributed by atoms with van der Waals surface area (Å²) in [6, 6.07) is 4.49. The zero-order valence-corrected chi connectivity index (χ0v) is 21.3. The summed E-state index contributed by atoms with van der Waals surface area (Å²) in [6.45, 7) is 9.44. The Balaban J connectivity index is 1.37. The highest BCUT2D eigenvalue weighted by Crippen LogP contribution is 2.33. The predicted molar refractivity (Wildman–Crippen MR) is 132 cm³/mol. The van der Waals surface area contributed by atoms with Gasteiger partial charge in [-0.2, -0.15) is 0 Å². The molecule has 0 aromatic heterocycles. The molecule has 0 spiro atoms. The van der Waals surface area contributed by atoms with Gasteiger partial charge in [0.25, 0.3) is 11.8 Å². The normalized spacial score (nSPS) is 19.7. The number of piperidine rings is 1. The van der Waals surface area contributed by atoms with Crippen LogP contribution in [-0.4, -0.2) is 85.9 Å². The van der Waals surface area contributed by atoms with Crippen LogP contribution >= 0.6 is 0 Å². The van der Waals surface area contributed by atoms with Gasteiger partial charge in [0.15, 0.2) is 0 Å². The number of hydrogen-bond acceptors (Lipinski definition) is 8. The standard InChI is InChI=1S/C25H36N4O7/c1-16-19(8-9-20(30)28-16)29-22(31)17-6-5-7-18(21(17)23(29)32)26-10-12-34-14-15-35-13-11-27-24(33)36-25(2,3)4/h5-7,16,19,26H,8-15H2,1-4H3,(H,27,33)(H,28,30). The predicted octanol–water partition coefficient (Wildman–Crippen LogP) is 1.92. The van der Waals surface area contributed by atoms with E-state index in [9.17, 15) is 19.2 Å². The topological polar surface area (TPSA) is 135 Å². The number of ether oxygens (including phenoxy) is 3. The maximum Gasteiger partial charge on any atom is 0.407 e. The first-order valence-electron chi connectivity index (χ1n) is 12.2. The number of amides is 4. The fourth-order valence-electron chi connectivity index (χ4n) is 4.18. The molecule has 11 nitrogen and oxygen atoms in total. The monoisotopic (exact) mass is 504 g/mol. The van der Waals surface area contributed by atoms with Crippen molar-refractivity contribution in [2.24, 2.45) is 0 Å². The van der Waals surface area contributed by atoms with Crippen molar-refractivity contribution in [3.63, 3.8) is 0 Å². The van der Waals surface area contributed by atoms with Crippen LogP contribution in [0.1, 0.15) is 61.3 Å². The van der Waals surface area contributed by atoms with Gasteiger partial charge >= 0.3 is 6.09 Å². The van der Waals surface area contributed by atoms with Gasteiger partial charge < -0.3 is 30.2 Å². The van der Waals surface area contributed by atoms with Gasteiger partial charge in [-0.3, -0.25) is 19.3 Å². The van der Waals surface area contributed by atoms with Crippen LogP contribution in [0.5, 0.6) is 0 Å². The number of imide groups is 1. The molecular weight excluding hydrogens is 468 g/mol. The molecule has 2 heterocycles. The van der Waals surface area contributed by atoms with Crippen molar-refractivity contribution in [2.45, 2.75) is 58.2 Å². The molecule has 1 fully saturated rings. The van der Waals surface area contributed by atoms with E-state index in [0.717, 1.165) is 0 Å². The van der Waals surface area contributed by atoms with Crippen LogP contribution in [0.3, 0.4) is 0 Å². The Morgan fingerprint density at radius 3 is 2.42 bits per heavy atom. The Bertz CT molecular complexity index is 976. The van der Waals surface area contributed by atoms with E-state index < -0.39 is 11.7 Å². The molecule has 198 valence electrons. The molecule has 2 aliphatic rings. The Morgan fingerprint density at radius 2 is 1.75 bits per heavy atom. The maximum absolute atomic E-state index is 13.2. The first kappa shape index (κ1) is 27.4. The van der Waals surface area contributed by atoms with Crippen molar-refractivity contribution in [3.05, 3.63) is 29.3 Å². The maximum atomic E-state index is 13.2. The third-order valence-electron chi connectivity index (χ3n) is 5.76. The number of nitrogens with zero attached hydrogens (tertiary/aromatic N) is 1.